The number of carbonyl (C=O) groups excluding carboxylic acids is 3. The van der Waals surface area contributed by atoms with Crippen molar-refractivity contribution in [3.8, 4) is 5.75 Å². The quantitative estimate of drug-likeness (QED) is 0.521. The van der Waals surface area contributed by atoms with Gasteiger partial charge >= 0.3 is 0 Å². The van der Waals surface area contributed by atoms with Crippen LogP contribution in [0.1, 0.15) is 46.4 Å². The molecule has 0 unspecified atom stereocenters. The fourth-order valence-corrected chi connectivity index (χ4v) is 5.68. The number of amides is 3. The van der Waals surface area contributed by atoms with Gasteiger partial charge < -0.3 is 20.3 Å². The van der Waals surface area contributed by atoms with Crippen LogP contribution in [-0.2, 0) is 29.0 Å². The Kier molecular flexibility index (Phi) is 8.14. The van der Waals surface area contributed by atoms with E-state index in [2.05, 4.69) is 20.9 Å². The highest BCUT2D eigenvalue weighted by Gasteiger charge is 2.44. The van der Waals surface area contributed by atoms with Gasteiger partial charge in [-0.1, -0.05) is 41.6 Å². The van der Waals surface area contributed by atoms with E-state index in [4.69, 9.17) is 4.74 Å². The van der Waals surface area contributed by atoms with Gasteiger partial charge in [-0.2, -0.15) is 0 Å². The number of methoxy groups -OCH3 is 1. The van der Waals surface area contributed by atoms with Gasteiger partial charge in [-0.15, -0.1) is 5.10 Å². The van der Waals surface area contributed by atoms with E-state index in [1.807, 2.05) is 55.6 Å². The molecule has 10 nitrogen and oxygen atoms in total. The first-order chi connectivity index (χ1) is 19.4. The zero-order chi connectivity index (χ0) is 28.1. The second-order valence-corrected chi connectivity index (χ2v) is 10.7. The standard InChI is InChI=1S/C30H36N6O4/c1-21-24(10-6-11-26(21)40-2)28(38)35-16-12-30(13-17-35)19-23-20-36(34-33-23)15-7-14-31-27(37)25(32-29(30)39)18-22-8-4-3-5-9-22/h3-6,8-11,20,25H,7,12-19H2,1-2H3,(H,31,37)(H,32,39)/t25-/m0/s1. The van der Waals surface area contributed by atoms with Crippen molar-refractivity contribution in [1.29, 1.82) is 0 Å². The third-order valence-corrected chi connectivity index (χ3v) is 8.10. The van der Waals surface area contributed by atoms with Crippen LogP contribution >= 0.6 is 0 Å². The SMILES string of the molecule is COc1cccc(C(=O)N2CCC3(CC2)Cc2cn(nn2)CCCNC(=O)[C@H](Cc2ccccc2)NC3=O)c1C. The molecule has 1 spiro atoms. The van der Waals surface area contributed by atoms with Crippen molar-refractivity contribution in [3.63, 3.8) is 0 Å². The Bertz CT molecular complexity index is 1360. The summed E-state index contributed by atoms with van der Waals surface area (Å²) in [6.07, 6.45) is 4.25. The Morgan fingerprint density at radius 1 is 1.07 bits per heavy atom. The van der Waals surface area contributed by atoms with Gasteiger partial charge in [-0.05, 0) is 43.9 Å². The number of rotatable bonds is 4. The van der Waals surface area contributed by atoms with Crippen molar-refractivity contribution in [2.45, 2.75) is 51.6 Å². The molecule has 2 bridgehead atoms. The summed E-state index contributed by atoms with van der Waals surface area (Å²) in [5.74, 6) is 0.191. The lowest BCUT2D eigenvalue weighted by Crippen LogP contribution is -2.56. The van der Waals surface area contributed by atoms with E-state index in [1.54, 1.807) is 22.8 Å². The normalized spacial score (nSPS) is 19.6. The summed E-state index contributed by atoms with van der Waals surface area (Å²) < 4.78 is 7.17. The largest absolute Gasteiger partial charge is 0.496 e. The number of nitrogens with zero attached hydrogens (tertiary/aromatic N) is 4. The lowest BCUT2D eigenvalue weighted by Gasteiger charge is -2.41. The van der Waals surface area contributed by atoms with E-state index in [-0.39, 0.29) is 17.7 Å². The third-order valence-electron chi connectivity index (χ3n) is 8.10. The molecule has 1 fully saturated rings. The molecular formula is C30H36N6O4. The second-order valence-electron chi connectivity index (χ2n) is 10.7. The first-order valence-corrected chi connectivity index (χ1v) is 13.8. The molecule has 2 aromatic carbocycles. The minimum atomic E-state index is -0.829. The number of aromatic nitrogens is 3. The number of hydrogen-bond donors (Lipinski definition) is 2. The van der Waals surface area contributed by atoms with Crippen molar-refractivity contribution >= 4 is 17.7 Å². The fourth-order valence-electron chi connectivity index (χ4n) is 5.68. The summed E-state index contributed by atoms with van der Waals surface area (Å²) in [4.78, 5) is 42.6. The molecule has 2 aliphatic rings. The van der Waals surface area contributed by atoms with Gasteiger partial charge in [0.1, 0.15) is 11.8 Å². The van der Waals surface area contributed by atoms with Crippen LogP contribution in [0, 0.1) is 12.3 Å². The molecule has 2 N–H and O–H groups in total. The Hall–Kier alpha value is -4.21. The second kappa shape index (κ2) is 11.9. The van der Waals surface area contributed by atoms with E-state index < -0.39 is 11.5 Å². The number of likely N-dealkylation sites (tertiary alicyclic amines) is 1. The lowest BCUT2D eigenvalue weighted by molar-refractivity contribution is -0.137. The van der Waals surface area contributed by atoms with Gasteiger partial charge in [0, 0.05) is 56.3 Å². The Morgan fingerprint density at radius 3 is 2.60 bits per heavy atom. The van der Waals surface area contributed by atoms with Crippen molar-refractivity contribution in [1.82, 2.24) is 30.5 Å². The predicted molar refractivity (Wildman–Crippen MR) is 149 cm³/mol. The maximum absolute atomic E-state index is 14.1. The minimum absolute atomic E-state index is 0.0800. The van der Waals surface area contributed by atoms with Crippen LogP contribution in [0.25, 0.3) is 0 Å². The third kappa shape index (κ3) is 5.85. The molecule has 210 valence electrons. The number of aryl methyl sites for hydroxylation is 1. The molecule has 1 atom stereocenters. The van der Waals surface area contributed by atoms with Crippen LogP contribution in [0.3, 0.4) is 0 Å². The number of nitrogens with one attached hydrogen (secondary N) is 2. The summed E-state index contributed by atoms with van der Waals surface area (Å²) in [5.41, 5.74) is 2.26. The van der Waals surface area contributed by atoms with E-state index in [9.17, 15) is 14.4 Å². The first kappa shape index (κ1) is 27.4. The van der Waals surface area contributed by atoms with E-state index in [0.717, 1.165) is 16.8 Å². The number of piperidine rings is 1. The summed E-state index contributed by atoms with van der Waals surface area (Å²) in [6, 6.07) is 14.4. The predicted octanol–water partition coefficient (Wildman–Crippen LogP) is 2.31. The number of benzene rings is 2. The van der Waals surface area contributed by atoms with E-state index >= 15 is 0 Å². The van der Waals surface area contributed by atoms with Crippen molar-refractivity contribution in [3.05, 3.63) is 77.1 Å². The average molecular weight is 545 g/mol. The highest BCUT2D eigenvalue weighted by molar-refractivity contribution is 5.96. The number of fused-ring (bicyclic) bond motifs is 2. The lowest BCUT2D eigenvalue weighted by atomic mass is 9.73. The van der Waals surface area contributed by atoms with Crippen molar-refractivity contribution in [2.24, 2.45) is 5.41 Å². The molecule has 40 heavy (non-hydrogen) atoms. The molecule has 0 saturated carbocycles. The van der Waals surface area contributed by atoms with Crippen LogP contribution in [-0.4, -0.2) is 70.4 Å². The van der Waals surface area contributed by atoms with E-state index in [0.29, 0.717) is 69.6 Å². The molecule has 0 radical (unpaired) electrons. The van der Waals surface area contributed by atoms with Gasteiger partial charge in [0.05, 0.1) is 18.2 Å². The van der Waals surface area contributed by atoms with Gasteiger partial charge in [-0.25, -0.2) is 0 Å². The highest BCUT2D eigenvalue weighted by Crippen LogP contribution is 2.36. The van der Waals surface area contributed by atoms with Gasteiger partial charge in [0.15, 0.2) is 0 Å². The molecule has 3 aromatic rings. The summed E-state index contributed by atoms with van der Waals surface area (Å²) in [5, 5.41) is 14.7. The van der Waals surface area contributed by atoms with Crippen molar-refractivity contribution in [2.75, 3.05) is 26.7 Å². The zero-order valence-electron chi connectivity index (χ0n) is 23.1. The first-order valence-electron chi connectivity index (χ1n) is 13.8. The Labute approximate surface area is 234 Å². The monoisotopic (exact) mass is 544 g/mol. The fraction of sp³-hybridized carbons (Fsp3) is 0.433. The molecule has 1 saturated heterocycles. The zero-order valence-corrected chi connectivity index (χ0v) is 23.1. The van der Waals surface area contributed by atoms with Crippen LogP contribution in [0.15, 0.2) is 54.7 Å². The van der Waals surface area contributed by atoms with Gasteiger partial charge in [0.25, 0.3) is 5.91 Å². The molecule has 5 rings (SSSR count). The summed E-state index contributed by atoms with van der Waals surface area (Å²) >= 11 is 0. The average Bonchev–Trinajstić information content (AvgIpc) is 3.42. The maximum Gasteiger partial charge on any atom is 0.254 e. The van der Waals surface area contributed by atoms with Crippen LogP contribution in [0.2, 0.25) is 0 Å². The molecule has 10 heteroatoms. The maximum atomic E-state index is 14.1. The van der Waals surface area contributed by atoms with E-state index in [1.165, 1.54) is 0 Å². The van der Waals surface area contributed by atoms with Crippen molar-refractivity contribution < 1.29 is 19.1 Å². The van der Waals surface area contributed by atoms with Gasteiger partial charge in [0.2, 0.25) is 11.8 Å². The molecule has 1 aromatic heterocycles. The topological polar surface area (TPSA) is 118 Å². The smallest absolute Gasteiger partial charge is 0.254 e. The number of hydrogen-bond acceptors (Lipinski definition) is 6. The molecule has 3 heterocycles. The van der Waals surface area contributed by atoms with Crippen LogP contribution < -0.4 is 15.4 Å². The highest BCUT2D eigenvalue weighted by atomic mass is 16.5. The summed E-state index contributed by atoms with van der Waals surface area (Å²) in [7, 11) is 1.59. The molecular weight excluding hydrogens is 508 g/mol. The Balaban J connectivity index is 1.40. The van der Waals surface area contributed by atoms with Crippen LogP contribution in [0.4, 0.5) is 0 Å². The molecule has 2 aliphatic heterocycles. The number of ether oxygens (including phenoxy) is 1. The Morgan fingerprint density at radius 2 is 1.85 bits per heavy atom. The van der Waals surface area contributed by atoms with Gasteiger partial charge in [-0.3, -0.25) is 19.1 Å². The molecule has 3 amide bonds. The molecule has 0 aliphatic carbocycles. The minimum Gasteiger partial charge on any atom is -0.496 e. The number of carbonyl (C=O) groups is 3. The van der Waals surface area contributed by atoms with Crippen LogP contribution in [0.5, 0.6) is 5.75 Å². The summed E-state index contributed by atoms with van der Waals surface area (Å²) in [6.45, 7) is 3.79.